The van der Waals surface area contributed by atoms with Gasteiger partial charge in [0.2, 0.25) is 0 Å². The van der Waals surface area contributed by atoms with Crippen LogP contribution in [-0.4, -0.2) is 23.3 Å². The molecule has 1 aromatic carbocycles. The summed E-state index contributed by atoms with van der Waals surface area (Å²) in [4.78, 5) is 11.3. The van der Waals surface area contributed by atoms with Gasteiger partial charge in [-0.3, -0.25) is 4.79 Å². The number of ether oxygens (including phenoxy) is 1. The van der Waals surface area contributed by atoms with Crippen LogP contribution in [0.2, 0.25) is 0 Å². The fraction of sp³-hybridized carbons (Fsp3) is 0.533. The number of carbonyl (C=O) groups is 1. The van der Waals surface area contributed by atoms with Gasteiger partial charge in [0.05, 0.1) is 19.1 Å². The smallest absolute Gasteiger partial charge is 0.306 e. The Labute approximate surface area is 117 Å². The molecule has 1 aromatic rings. The molecule has 0 heterocycles. The van der Waals surface area contributed by atoms with Crippen LogP contribution in [0.4, 0.5) is 4.39 Å². The molecule has 3 unspecified atom stereocenters. The minimum absolute atomic E-state index is 0.111. The van der Waals surface area contributed by atoms with Crippen molar-refractivity contribution in [1.82, 2.24) is 0 Å². The number of benzene rings is 1. The Hall–Kier alpha value is -1.62. The molecule has 2 rings (SSSR count). The second kappa shape index (κ2) is 6.22. The van der Waals surface area contributed by atoms with Gasteiger partial charge in [-0.25, -0.2) is 4.39 Å². The average molecular weight is 282 g/mol. The van der Waals surface area contributed by atoms with Gasteiger partial charge in [-0.05, 0) is 30.5 Å². The molecule has 5 heteroatoms. The molecule has 0 saturated heterocycles. The van der Waals surface area contributed by atoms with Gasteiger partial charge < -0.3 is 14.9 Å². The van der Waals surface area contributed by atoms with Crippen molar-refractivity contribution in [2.45, 2.75) is 31.8 Å². The minimum Gasteiger partial charge on any atom is -0.494 e. The standard InChI is InChI=1S/C15H19FO4/c1-20-13-7-6-9(8-12(13)16)14(17)10-4-2-3-5-11(10)15(18)19/h6-8,10-11,14,17H,2-5H2,1H3,(H,18,19). The Kier molecular flexibility index (Phi) is 4.60. The van der Waals surface area contributed by atoms with Gasteiger partial charge in [0.1, 0.15) is 0 Å². The van der Waals surface area contributed by atoms with Gasteiger partial charge in [-0.2, -0.15) is 0 Å². The molecule has 110 valence electrons. The van der Waals surface area contributed by atoms with Gasteiger partial charge in [0.25, 0.3) is 0 Å². The summed E-state index contributed by atoms with van der Waals surface area (Å²) in [6.07, 6.45) is 2.00. The number of carboxylic acid groups (broad SMARTS) is 1. The van der Waals surface area contributed by atoms with Gasteiger partial charge in [0, 0.05) is 5.92 Å². The van der Waals surface area contributed by atoms with Crippen LogP contribution in [0.1, 0.15) is 37.4 Å². The Bertz CT molecular complexity index is 489. The zero-order valence-corrected chi connectivity index (χ0v) is 11.4. The number of halogens is 1. The lowest BCUT2D eigenvalue weighted by Crippen LogP contribution is -2.31. The maximum atomic E-state index is 13.7. The molecule has 1 saturated carbocycles. The molecule has 0 aromatic heterocycles. The van der Waals surface area contributed by atoms with Crippen molar-refractivity contribution in [3.63, 3.8) is 0 Å². The first kappa shape index (κ1) is 14.8. The van der Waals surface area contributed by atoms with Crippen LogP contribution in [0.15, 0.2) is 18.2 Å². The van der Waals surface area contributed by atoms with E-state index >= 15 is 0 Å². The first-order chi connectivity index (χ1) is 9.54. The molecule has 20 heavy (non-hydrogen) atoms. The highest BCUT2D eigenvalue weighted by Crippen LogP contribution is 2.39. The second-order valence-electron chi connectivity index (χ2n) is 5.23. The van der Waals surface area contributed by atoms with Crippen molar-refractivity contribution in [2.75, 3.05) is 7.11 Å². The summed E-state index contributed by atoms with van der Waals surface area (Å²) < 4.78 is 18.5. The SMILES string of the molecule is COc1ccc(C(O)C2CCCCC2C(=O)O)cc1F. The van der Waals surface area contributed by atoms with E-state index in [2.05, 4.69) is 0 Å². The third-order valence-corrected chi connectivity index (χ3v) is 4.06. The third kappa shape index (κ3) is 2.93. The molecular weight excluding hydrogens is 263 g/mol. The van der Waals surface area contributed by atoms with E-state index in [0.29, 0.717) is 18.4 Å². The second-order valence-corrected chi connectivity index (χ2v) is 5.23. The quantitative estimate of drug-likeness (QED) is 0.891. The van der Waals surface area contributed by atoms with E-state index < -0.39 is 23.8 Å². The van der Waals surface area contributed by atoms with Crippen LogP contribution in [0.3, 0.4) is 0 Å². The number of methoxy groups -OCH3 is 1. The maximum Gasteiger partial charge on any atom is 0.306 e. The van der Waals surface area contributed by atoms with Gasteiger partial charge in [0.15, 0.2) is 11.6 Å². The first-order valence-electron chi connectivity index (χ1n) is 6.79. The topological polar surface area (TPSA) is 66.8 Å². The highest BCUT2D eigenvalue weighted by molar-refractivity contribution is 5.70. The zero-order valence-electron chi connectivity index (χ0n) is 11.4. The van der Waals surface area contributed by atoms with E-state index in [9.17, 15) is 19.4 Å². The number of aliphatic hydroxyl groups is 1. The summed E-state index contributed by atoms with van der Waals surface area (Å²) in [6, 6.07) is 4.25. The summed E-state index contributed by atoms with van der Waals surface area (Å²) in [5.41, 5.74) is 0.404. The van der Waals surface area contributed by atoms with Crippen molar-refractivity contribution in [1.29, 1.82) is 0 Å². The van der Waals surface area contributed by atoms with Crippen LogP contribution in [0.5, 0.6) is 5.75 Å². The van der Waals surface area contributed by atoms with E-state index in [-0.39, 0.29) is 11.7 Å². The highest BCUT2D eigenvalue weighted by Gasteiger charge is 2.36. The molecule has 3 atom stereocenters. The zero-order chi connectivity index (χ0) is 14.7. The fourth-order valence-electron chi connectivity index (χ4n) is 2.96. The van der Waals surface area contributed by atoms with Gasteiger partial charge in [-0.15, -0.1) is 0 Å². The molecule has 0 radical (unpaired) electrons. The van der Waals surface area contributed by atoms with Gasteiger partial charge in [-0.1, -0.05) is 18.9 Å². The monoisotopic (exact) mass is 282 g/mol. The summed E-state index contributed by atoms with van der Waals surface area (Å²) >= 11 is 0. The van der Waals surface area contributed by atoms with Crippen LogP contribution in [-0.2, 0) is 4.79 Å². The predicted octanol–water partition coefficient (Wildman–Crippen LogP) is 2.76. The van der Waals surface area contributed by atoms with Crippen LogP contribution >= 0.6 is 0 Å². The van der Waals surface area contributed by atoms with Crippen molar-refractivity contribution in [3.8, 4) is 5.75 Å². The van der Waals surface area contributed by atoms with E-state index in [1.54, 1.807) is 6.07 Å². The van der Waals surface area contributed by atoms with Crippen LogP contribution in [0.25, 0.3) is 0 Å². The lowest BCUT2D eigenvalue weighted by Gasteiger charge is -2.32. The first-order valence-corrected chi connectivity index (χ1v) is 6.79. The van der Waals surface area contributed by atoms with Crippen molar-refractivity contribution in [2.24, 2.45) is 11.8 Å². The van der Waals surface area contributed by atoms with Crippen molar-refractivity contribution < 1.29 is 24.1 Å². The molecule has 1 fully saturated rings. The van der Waals surface area contributed by atoms with E-state index in [0.717, 1.165) is 12.8 Å². The molecule has 0 aliphatic heterocycles. The third-order valence-electron chi connectivity index (χ3n) is 4.06. The Morgan fingerprint density at radius 1 is 1.40 bits per heavy atom. The molecule has 4 nitrogen and oxygen atoms in total. The van der Waals surface area contributed by atoms with Gasteiger partial charge >= 0.3 is 5.97 Å². The number of hydrogen-bond donors (Lipinski definition) is 2. The summed E-state index contributed by atoms with van der Waals surface area (Å²) in [5, 5.41) is 19.6. The van der Waals surface area contributed by atoms with Crippen molar-refractivity contribution in [3.05, 3.63) is 29.6 Å². The fourth-order valence-corrected chi connectivity index (χ4v) is 2.96. The summed E-state index contributed by atoms with van der Waals surface area (Å²) in [5.74, 6) is -2.26. The number of aliphatic hydroxyl groups excluding tert-OH is 1. The number of carboxylic acids is 1. The lowest BCUT2D eigenvalue weighted by molar-refractivity contribution is -0.147. The molecule has 1 aliphatic rings. The van der Waals surface area contributed by atoms with Crippen LogP contribution in [0, 0.1) is 17.7 Å². The number of aliphatic carboxylic acids is 1. The normalized spacial score (nSPS) is 24.1. The molecule has 2 N–H and O–H groups in total. The molecule has 1 aliphatic carbocycles. The summed E-state index contributed by atoms with van der Waals surface area (Å²) in [6.45, 7) is 0. The largest absolute Gasteiger partial charge is 0.494 e. The lowest BCUT2D eigenvalue weighted by atomic mass is 9.74. The van der Waals surface area contributed by atoms with E-state index in [4.69, 9.17) is 4.74 Å². The van der Waals surface area contributed by atoms with Crippen LogP contribution < -0.4 is 4.74 Å². The maximum absolute atomic E-state index is 13.7. The number of rotatable bonds is 4. The van der Waals surface area contributed by atoms with E-state index in [1.807, 2.05) is 0 Å². The molecule has 0 spiro atoms. The predicted molar refractivity (Wildman–Crippen MR) is 71.0 cm³/mol. The Balaban J connectivity index is 2.22. The molecule has 0 amide bonds. The highest BCUT2D eigenvalue weighted by atomic mass is 19.1. The average Bonchev–Trinajstić information content (AvgIpc) is 2.46. The molecule has 0 bridgehead atoms. The minimum atomic E-state index is -0.961. The van der Waals surface area contributed by atoms with Crippen molar-refractivity contribution >= 4 is 5.97 Å². The van der Waals surface area contributed by atoms with E-state index in [1.165, 1.54) is 19.2 Å². The summed E-state index contributed by atoms with van der Waals surface area (Å²) in [7, 11) is 1.37. The number of hydrogen-bond acceptors (Lipinski definition) is 3. The molecular formula is C15H19FO4. The Morgan fingerprint density at radius 2 is 2.10 bits per heavy atom. The Morgan fingerprint density at radius 3 is 2.70 bits per heavy atom.